The van der Waals surface area contributed by atoms with Gasteiger partial charge >= 0.3 is 0 Å². The molecule has 0 heterocycles. The Labute approximate surface area is 93.2 Å². The summed E-state index contributed by atoms with van der Waals surface area (Å²) in [6.45, 7) is 0.700. The van der Waals surface area contributed by atoms with Crippen LogP contribution in [-0.2, 0) is 9.84 Å². The van der Waals surface area contributed by atoms with E-state index in [1.54, 1.807) is 0 Å². The van der Waals surface area contributed by atoms with Gasteiger partial charge in [-0.3, -0.25) is 0 Å². The fourth-order valence-electron chi connectivity index (χ4n) is 1.11. The van der Waals surface area contributed by atoms with Gasteiger partial charge in [-0.1, -0.05) is 0 Å². The molecule has 0 aliphatic rings. The zero-order valence-corrected chi connectivity index (χ0v) is 9.60. The number of rotatable bonds is 4. The van der Waals surface area contributed by atoms with Gasteiger partial charge in [-0.15, -0.1) is 0 Å². The molecule has 0 saturated heterocycles. The minimum absolute atomic E-state index is 0.0194. The summed E-state index contributed by atoms with van der Waals surface area (Å²) in [5, 5.41) is 0. The lowest BCUT2D eigenvalue weighted by molar-refractivity contribution is 0.0189. The standard InChI is InChI=1S/C10H13F2NO2S/c1-10(11,12)6-7-16(14,15)9-4-2-8(13)3-5-9/h2-5H,6-7,13H2,1H3. The van der Waals surface area contributed by atoms with Crippen molar-refractivity contribution in [1.82, 2.24) is 0 Å². The number of benzene rings is 1. The molecule has 2 N–H and O–H groups in total. The van der Waals surface area contributed by atoms with Gasteiger partial charge in [0.1, 0.15) is 0 Å². The maximum atomic E-state index is 12.5. The van der Waals surface area contributed by atoms with Crippen molar-refractivity contribution in [1.29, 1.82) is 0 Å². The normalized spacial score (nSPS) is 12.7. The van der Waals surface area contributed by atoms with E-state index in [4.69, 9.17) is 5.73 Å². The molecule has 0 aliphatic carbocycles. The lowest BCUT2D eigenvalue weighted by Crippen LogP contribution is -2.17. The van der Waals surface area contributed by atoms with Crippen LogP contribution in [0.25, 0.3) is 0 Å². The lowest BCUT2D eigenvalue weighted by Gasteiger charge is -2.10. The van der Waals surface area contributed by atoms with Crippen LogP contribution in [0.3, 0.4) is 0 Å². The summed E-state index contributed by atoms with van der Waals surface area (Å²) in [6, 6.07) is 5.49. The Hall–Kier alpha value is -1.17. The Kier molecular flexibility index (Phi) is 3.52. The third-order valence-corrected chi connectivity index (χ3v) is 3.78. The first-order chi connectivity index (χ1) is 7.21. The molecule has 0 bridgehead atoms. The number of nitrogens with two attached hydrogens (primary N) is 1. The molecule has 3 nitrogen and oxygen atoms in total. The fourth-order valence-corrected chi connectivity index (χ4v) is 2.52. The summed E-state index contributed by atoms with van der Waals surface area (Å²) in [4.78, 5) is 0.0194. The molecule has 0 radical (unpaired) electrons. The second-order valence-corrected chi connectivity index (χ2v) is 5.82. The van der Waals surface area contributed by atoms with Crippen LogP contribution in [0.4, 0.5) is 14.5 Å². The molecule has 0 atom stereocenters. The molecular weight excluding hydrogens is 236 g/mol. The average Bonchev–Trinajstić information content (AvgIpc) is 2.15. The highest BCUT2D eigenvalue weighted by Crippen LogP contribution is 2.21. The van der Waals surface area contributed by atoms with Gasteiger partial charge in [0, 0.05) is 12.1 Å². The third-order valence-electron chi connectivity index (χ3n) is 2.05. The quantitative estimate of drug-likeness (QED) is 0.831. The second kappa shape index (κ2) is 4.37. The van der Waals surface area contributed by atoms with Gasteiger partial charge < -0.3 is 5.73 Å². The van der Waals surface area contributed by atoms with Crippen molar-refractivity contribution >= 4 is 15.5 Å². The zero-order chi connectivity index (χ0) is 12.4. The number of hydrogen-bond acceptors (Lipinski definition) is 3. The van der Waals surface area contributed by atoms with Crippen LogP contribution in [0, 0.1) is 0 Å². The molecule has 0 aromatic heterocycles. The minimum atomic E-state index is -3.65. The molecule has 1 rings (SSSR count). The summed E-state index contributed by atoms with van der Waals surface area (Å²) in [6.07, 6.45) is -0.681. The Balaban J connectivity index is 2.83. The maximum absolute atomic E-state index is 12.5. The Morgan fingerprint density at radius 1 is 1.25 bits per heavy atom. The first-order valence-electron chi connectivity index (χ1n) is 4.67. The predicted octanol–water partition coefficient (Wildman–Crippen LogP) is 2.09. The van der Waals surface area contributed by atoms with Crippen molar-refractivity contribution in [2.45, 2.75) is 24.2 Å². The van der Waals surface area contributed by atoms with Crippen LogP contribution >= 0.6 is 0 Å². The van der Waals surface area contributed by atoms with Gasteiger partial charge in [-0.25, -0.2) is 17.2 Å². The van der Waals surface area contributed by atoms with Crippen molar-refractivity contribution in [2.75, 3.05) is 11.5 Å². The van der Waals surface area contributed by atoms with Crippen molar-refractivity contribution in [2.24, 2.45) is 0 Å². The molecule has 16 heavy (non-hydrogen) atoms. The predicted molar refractivity (Wildman–Crippen MR) is 58.1 cm³/mol. The van der Waals surface area contributed by atoms with Crippen molar-refractivity contribution in [3.8, 4) is 0 Å². The van der Waals surface area contributed by atoms with Gasteiger partial charge in [-0.05, 0) is 31.2 Å². The van der Waals surface area contributed by atoms with Gasteiger partial charge in [0.25, 0.3) is 0 Å². The van der Waals surface area contributed by atoms with E-state index < -0.39 is 27.9 Å². The van der Waals surface area contributed by atoms with Crippen LogP contribution < -0.4 is 5.73 Å². The molecule has 0 unspecified atom stereocenters. The highest BCUT2D eigenvalue weighted by atomic mass is 32.2. The molecule has 1 aromatic carbocycles. The molecule has 0 saturated carbocycles. The average molecular weight is 249 g/mol. The molecule has 1 aromatic rings. The topological polar surface area (TPSA) is 60.2 Å². The van der Waals surface area contributed by atoms with E-state index in [1.165, 1.54) is 24.3 Å². The number of alkyl halides is 2. The van der Waals surface area contributed by atoms with E-state index in [0.717, 1.165) is 0 Å². The highest BCUT2D eigenvalue weighted by molar-refractivity contribution is 7.91. The third kappa shape index (κ3) is 3.77. The van der Waals surface area contributed by atoms with Crippen molar-refractivity contribution in [3.63, 3.8) is 0 Å². The van der Waals surface area contributed by atoms with Crippen LogP contribution in [0.1, 0.15) is 13.3 Å². The summed E-state index contributed by atoms with van der Waals surface area (Å²) in [5.74, 6) is -3.54. The first-order valence-corrected chi connectivity index (χ1v) is 6.32. The molecule has 0 aliphatic heterocycles. The van der Waals surface area contributed by atoms with E-state index >= 15 is 0 Å². The number of nitrogen functional groups attached to an aromatic ring is 1. The summed E-state index contributed by atoms with van der Waals surface area (Å²) in [7, 11) is -3.65. The Morgan fingerprint density at radius 2 is 1.75 bits per heavy atom. The van der Waals surface area contributed by atoms with Crippen LogP contribution in [0.5, 0.6) is 0 Å². The van der Waals surface area contributed by atoms with Crippen LogP contribution in [0.2, 0.25) is 0 Å². The van der Waals surface area contributed by atoms with E-state index in [1.807, 2.05) is 0 Å². The molecular formula is C10H13F2NO2S. The van der Waals surface area contributed by atoms with Gasteiger partial charge in [0.05, 0.1) is 10.6 Å². The molecule has 90 valence electrons. The largest absolute Gasteiger partial charge is 0.399 e. The molecule has 6 heteroatoms. The van der Waals surface area contributed by atoms with Crippen LogP contribution in [-0.4, -0.2) is 20.1 Å². The van der Waals surface area contributed by atoms with Gasteiger partial charge in [-0.2, -0.15) is 0 Å². The Morgan fingerprint density at radius 3 is 2.19 bits per heavy atom. The number of anilines is 1. The number of sulfone groups is 1. The summed E-state index contributed by atoms with van der Waals surface area (Å²) >= 11 is 0. The highest BCUT2D eigenvalue weighted by Gasteiger charge is 2.25. The SMILES string of the molecule is CC(F)(F)CCS(=O)(=O)c1ccc(N)cc1. The smallest absolute Gasteiger partial charge is 0.246 e. The monoisotopic (exact) mass is 249 g/mol. The summed E-state index contributed by atoms with van der Waals surface area (Å²) < 4.78 is 48.3. The first kappa shape index (κ1) is 12.9. The van der Waals surface area contributed by atoms with E-state index in [-0.39, 0.29) is 4.90 Å². The summed E-state index contributed by atoms with van der Waals surface area (Å²) in [5.41, 5.74) is 5.83. The molecule has 0 spiro atoms. The lowest BCUT2D eigenvalue weighted by atomic mass is 10.3. The van der Waals surface area contributed by atoms with Gasteiger partial charge in [0.15, 0.2) is 9.84 Å². The van der Waals surface area contributed by atoms with E-state index in [2.05, 4.69) is 0 Å². The van der Waals surface area contributed by atoms with E-state index in [9.17, 15) is 17.2 Å². The second-order valence-electron chi connectivity index (χ2n) is 3.71. The Bertz CT molecular complexity index is 449. The molecule has 0 fully saturated rings. The van der Waals surface area contributed by atoms with Crippen molar-refractivity contribution in [3.05, 3.63) is 24.3 Å². The maximum Gasteiger partial charge on any atom is 0.246 e. The zero-order valence-electron chi connectivity index (χ0n) is 8.78. The minimum Gasteiger partial charge on any atom is -0.399 e. The van der Waals surface area contributed by atoms with Gasteiger partial charge in [0.2, 0.25) is 5.92 Å². The molecule has 0 amide bonds. The number of halogens is 2. The van der Waals surface area contributed by atoms with E-state index in [0.29, 0.717) is 12.6 Å². The fraction of sp³-hybridized carbons (Fsp3) is 0.400. The number of hydrogen-bond donors (Lipinski definition) is 1. The van der Waals surface area contributed by atoms with Crippen molar-refractivity contribution < 1.29 is 17.2 Å². The van der Waals surface area contributed by atoms with Crippen LogP contribution in [0.15, 0.2) is 29.2 Å².